The highest BCUT2D eigenvalue weighted by molar-refractivity contribution is 9.10. The number of rotatable bonds is 4. The zero-order valence-corrected chi connectivity index (χ0v) is 13.3. The number of benzene rings is 1. The molecule has 0 radical (unpaired) electrons. The lowest BCUT2D eigenvalue weighted by molar-refractivity contribution is -0.394. The lowest BCUT2D eigenvalue weighted by Crippen LogP contribution is -2.14. The number of aromatic nitrogens is 3. The Hall–Kier alpha value is -2.09. The third-order valence-electron chi connectivity index (χ3n) is 3.21. The van der Waals surface area contributed by atoms with E-state index in [0.717, 1.165) is 16.7 Å². The predicted molar refractivity (Wildman–Crippen MR) is 79.4 cm³/mol. The van der Waals surface area contributed by atoms with Gasteiger partial charge in [-0.3, -0.25) is 4.79 Å². The van der Waals surface area contributed by atoms with Gasteiger partial charge in [-0.2, -0.15) is 4.68 Å². The predicted octanol–water partition coefficient (Wildman–Crippen LogP) is 2.76. The van der Waals surface area contributed by atoms with Gasteiger partial charge >= 0.3 is 5.95 Å². The van der Waals surface area contributed by atoms with E-state index in [-0.39, 0.29) is 17.1 Å². The fraction of sp³-hybridized carbons (Fsp3) is 0.308. The zero-order valence-electron chi connectivity index (χ0n) is 11.8. The van der Waals surface area contributed by atoms with E-state index in [2.05, 4.69) is 26.0 Å². The van der Waals surface area contributed by atoms with Gasteiger partial charge in [0.2, 0.25) is 0 Å². The molecule has 0 saturated carbocycles. The van der Waals surface area contributed by atoms with Gasteiger partial charge in [-0.15, -0.1) is 0 Å². The molecule has 2 aromatic rings. The van der Waals surface area contributed by atoms with Crippen LogP contribution in [0.5, 0.6) is 0 Å². The molecule has 0 spiro atoms. The monoisotopic (exact) mass is 352 g/mol. The summed E-state index contributed by atoms with van der Waals surface area (Å²) in [5.41, 5.74) is 3.59. The third-order valence-corrected chi connectivity index (χ3v) is 3.80. The Morgan fingerprint density at radius 2 is 1.90 bits per heavy atom. The normalized spacial score (nSPS) is 10.7. The molecule has 0 aliphatic rings. The number of halogens is 1. The van der Waals surface area contributed by atoms with Crippen LogP contribution in [0.1, 0.15) is 27.0 Å². The van der Waals surface area contributed by atoms with Crippen molar-refractivity contribution in [2.45, 2.75) is 27.3 Å². The minimum absolute atomic E-state index is 0.106. The summed E-state index contributed by atoms with van der Waals surface area (Å²) in [5.74, 6) is -0.706. The van der Waals surface area contributed by atoms with E-state index in [1.807, 2.05) is 32.9 Å². The Balaban J connectivity index is 2.30. The average Bonchev–Trinajstić information content (AvgIpc) is 2.75. The highest BCUT2D eigenvalue weighted by Crippen LogP contribution is 2.18. The van der Waals surface area contributed by atoms with Gasteiger partial charge in [-0.1, -0.05) is 6.07 Å². The van der Waals surface area contributed by atoms with Gasteiger partial charge in [0.15, 0.2) is 5.78 Å². The topological polar surface area (TPSA) is 90.9 Å². The molecular formula is C13H13BrN4O3. The highest BCUT2D eigenvalue weighted by Gasteiger charge is 2.22. The van der Waals surface area contributed by atoms with Crippen LogP contribution in [0.4, 0.5) is 5.95 Å². The van der Waals surface area contributed by atoms with Crippen LogP contribution in [0, 0.1) is 30.9 Å². The molecule has 0 amide bonds. The number of aryl methyl sites for hydroxylation is 3. The largest absolute Gasteiger partial charge is 0.492 e. The molecule has 0 bridgehead atoms. The Morgan fingerprint density at radius 3 is 2.48 bits per heavy atom. The minimum atomic E-state index is -0.701. The third kappa shape index (κ3) is 3.15. The summed E-state index contributed by atoms with van der Waals surface area (Å²) in [4.78, 5) is 25.9. The molecule has 0 aliphatic heterocycles. The summed E-state index contributed by atoms with van der Waals surface area (Å²) >= 11 is 3.06. The SMILES string of the molecule is Cc1cc(C)c(C(=O)Cn2nc([N+](=O)[O-])nc2Br)cc1C. The van der Waals surface area contributed by atoms with Crippen molar-refractivity contribution >= 4 is 27.7 Å². The first-order chi connectivity index (χ1) is 9.79. The van der Waals surface area contributed by atoms with Gasteiger partial charge in [0.25, 0.3) is 4.73 Å². The molecule has 0 saturated heterocycles. The molecule has 0 unspecified atom stereocenters. The van der Waals surface area contributed by atoms with Gasteiger partial charge in [0.05, 0.1) is 0 Å². The molecule has 1 heterocycles. The summed E-state index contributed by atoms with van der Waals surface area (Å²) in [7, 11) is 0. The smallest absolute Gasteiger partial charge is 0.390 e. The number of carbonyl (C=O) groups is 1. The molecule has 110 valence electrons. The van der Waals surface area contributed by atoms with E-state index in [1.165, 1.54) is 4.68 Å². The van der Waals surface area contributed by atoms with Gasteiger partial charge < -0.3 is 10.1 Å². The summed E-state index contributed by atoms with van der Waals surface area (Å²) in [5, 5.41) is 14.3. The molecule has 0 atom stereocenters. The van der Waals surface area contributed by atoms with Crippen LogP contribution in [0.25, 0.3) is 0 Å². The second kappa shape index (κ2) is 5.72. The second-order valence-corrected chi connectivity index (χ2v) is 5.48. The zero-order chi connectivity index (χ0) is 15.7. The van der Waals surface area contributed by atoms with Gasteiger partial charge in [0.1, 0.15) is 6.54 Å². The number of carbonyl (C=O) groups excluding carboxylic acids is 1. The van der Waals surface area contributed by atoms with Crippen LogP contribution in [-0.2, 0) is 6.54 Å². The van der Waals surface area contributed by atoms with Crippen molar-refractivity contribution in [1.29, 1.82) is 0 Å². The molecule has 0 N–H and O–H groups in total. The maximum Gasteiger partial charge on any atom is 0.492 e. The fourth-order valence-electron chi connectivity index (χ4n) is 1.97. The number of Topliss-reactive ketones (excluding diaryl/α,β-unsaturated/α-hetero) is 1. The number of ketones is 1. The summed E-state index contributed by atoms with van der Waals surface area (Å²) in [6, 6.07) is 3.77. The molecule has 21 heavy (non-hydrogen) atoms. The van der Waals surface area contributed by atoms with Crippen molar-refractivity contribution in [3.63, 3.8) is 0 Å². The molecule has 1 aromatic heterocycles. The van der Waals surface area contributed by atoms with E-state index < -0.39 is 10.9 Å². The van der Waals surface area contributed by atoms with Crippen LogP contribution in [0.2, 0.25) is 0 Å². The standard InChI is InChI=1S/C13H13BrN4O3/c1-7-4-9(3)10(5-8(7)2)11(19)6-17-12(14)15-13(16-17)18(20)21/h4-5H,6H2,1-3H3. The number of nitro groups is 1. The van der Waals surface area contributed by atoms with Crippen LogP contribution in [-0.4, -0.2) is 25.5 Å². The van der Waals surface area contributed by atoms with Crippen LogP contribution in [0.3, 0.4) is 0 Å². The first-order valence-corrected chi connectivity index (χ1v) is 6.94. The van der Waals surface area contributed by atoms with E-state index in [4.69, 9.17) is 0 Å². The van der Waals surface area contributed by atoms with Gasteiger partial charge in [0, 0.05) is 26.6 Å². The van der Waals surface area contributed by atoms with Crippen LogP contribution in [0.15, 0.2) is 16.9 Å². The first kappa shape index (κ1) is 15.3. The Morgan fingerprint density at radius 1 is 1.29 bits per heavy atom. The van der Waals surface area contributed by atoms with Crippen molar-refractivity contribution in [3.8, 4) is 0 Å². The number of hydrogen-bond acceptors (Lipinski definition) is 5. The summed E-state index contributed by atoms with van der Waals surface area (Å²) in [6.45, 7) is 5.67. The Bertz CT molecular complexity index is 739. The quantitative estimate of drug-likeness (QED) is 0.479. The van der Waals surface area contributed by atoms with Crippen molar-refractivity contribution in [1.82, 2.24) is 14.8 Å². The van der Waals surface area contributed by atoms with Gasteiger partial charge in [-0.25, -0.2) is 0 Å². The van der Waals surface area contributed by atoms with Crippen molar-refractivity contribution in [2.75, 3.05) is 0 Å². The first-order valence-electron chi connectivity index (χ1n) is 6.15. The molecule has 0 aliphatic carbocycles. The van der Waals surface area contributed by atoms with E-state index in [0.29, 0.717) is 5.56 Å². The maximum absolute atomic E-state index is 12.4. The molecule has 0 fully saturated rings. The average molecular weight is 353 g/mol. The molecule has 8 heteroatoms. The lowest BCUT2D eigenvalue weighted by atomic mass is 9.98. The highest BCUT2D eigenvalue weighted by atomic mass is 79.9. The second-order valence-electron chi connectivity index (χ2n) is 4.77. The maximum atomic E-state index is 12.4. The van der Waals surface area contributed by atoms with Crippen molar-refractivity contribution in [3.05, 3.63) is 49.2 Å². The van der Waals surface area contributed by atoms with E-state index in [1.54, 1.807) is 0 Å². The fourth-order valence-corrected chi connectivity index (χ4v) is 2.34. The summed E-state index contributed by atoms with van der Waals surface area (Å²) in [6.07, 6.45) is 0. The Kier molecular flexibility index (Phi) is 4.17. The Labute approximate surface area is 129 Å². The van der Waals surface area contributed by atoms with Gasteiger partial charge in [-0.05, 0) is 53.4 Å². The van der Waals surface area contributed by atoms with Crippen LogP contribution >= 0.6 is 15.9 Å². The van der Waals surface area contributed by atoms with E-state index >= 15 is 0 Å². The molecule has 2 rings (SSSR count). The van der Waals surface area contributed by atoms with Crippen molar-refractivity contribution in [2.24, 2.45) is 0 Å². The molecular weight excluding hydrogens is 340 g/mol. The molecule has 7 nitrogen and oxygen atoms in total. The van der Waals surface area contributed by atoms with Crippen LogP contribution < -0.4 is 0 Å². The minimum Gasteiger partial charge on any atom is -0.390 e. The van der Waals surface area contributed by atoms with E-state index in [9.17, 15) is 14.9 Å². The van der Waals surface area contributed by atoms with Crippen molar-refractivity contribution < 1.29 is 9.72 Å². The summed E-state index contributed by atoms with van der Waals surface area (Å²) < 4.78 is 1.33. The molecule has 1 aromatic carbocycles. The lowest BCUT2D eigenvalue weighted by Gasteiger charge is -2.08. The number of nitrogens with zero attached hydrogens (tertiary/aromatic N) is 4. The number of hydrogen-bond donors (Lipinski definition) is 0.